The van der Waals surface area contributed by atoms with Crippen LogP contribution in [0.1, 0.15) is 55.4 Å². The number of nitrogens with one attached hydrogen (secondary N) is 1. The Morgan fingerprint density at radius 1 is 0.907 bits per heavy atom. The van der Waals surface area contributed by atoms with Crippen LogP contribution in [0.5, 0.6) is 0 Å². The molecule has 0 saturated carbocycles. The SMILES string of the molecule is CC[C@@H](C)NC(=O)[C@@H](Cc1ccccc1)N(Cc1ccc(Cl)c(Cl)c1)C(=O)CCCN(c1ccc(C)c(C)c1)S(C)(=O)=O. The largest absolute Gasteiger partial charge is 0.352 e. The van der Waals surface area contributed by atoms with Gasteiger partial charge in [0.15, 0.2) is 0 Å². The number of rotatable bonds is 14. The molecule has 0 aliphatic heterocycles. The van der Waals surface area contributed by atoms with E-state index in [4.69, 9.17) is 23.2 Å². The number of sulfonamides is 1. The summed E-state index contributed by atoms with van der Waals surface area (Å²) in [4.78, 5) is 29.2. The Morgan fingerprint density at radius 2 is 1.60 bits per heavy atom. The fraction of sp³-hybridized carbons (Fsp3) is 0.394. The van der Waals surface area contributed by atoms with E-state index >= 15 is 0 Å². The second kappa shape index (κ2) is 15.6. The van der Waals surface area contributed by atoms with E-state index in [1.165, 1.54) is 4.31 Å². The third-order valence-corrected chi connectivity index (χ3v) is 9.47. The molecule has 3 rings (SSSR count). The smallest absolute Gasteiger partial charge is 0.243 e. The highest BCUT2D eigenvalue weighted by molar-refractivity contribution is 7.92. The van der Waals surface area contributed by atoms with Crippen molar-refractivity contribution in [2.45, 2.75) is 72.0 Å². The van der Waals surface area contributed by atoms with Gasteiger partial charge in [0.25, 0.3) is 0 Å². The van der Waals surface area contributed by atoms with E-state index in [2.05, 4.69) is 5.32 Å². The molecule has 0 aromatic heterocycles. The summed E-state index contributed by atoms with van der Waals surface area (Å²) >= 11 is 12.4. The second-order valence-corrected chi connectivity index (χ2v) is 13.7. The first-order valence-electron chi connectivity index (χ1n) is 14.4. The molecule has 0 aliphatic rings. The number of anilines is 1. The Bertz CT molecular complexity index is 1520. The topological polar surface area (TPSA) is 86.8 Å². The molecule has 1 N–H and O–H groups in total. The molecule has 0 bridgehead atoms. The van der Waals surface area contributed by atoms with Crippen LogP contribution in [0.4, 0.5) is 5.69 Å². The molecule has 3 aromatic rings. The third-order valence-electron chi connectivity index (χ3n) is 7.54. The third kappa shape index (κ3) is 9.98. The maximum absolute atomic E-state index is 14.0. The van der Waals surface area contributed by atoms with Crippen LogP contribution >= 0.6 is 23.2 Å². The van der Waals surface area contributed by atoms with Crippen LogP contribution in [-0.2, 0) is 32.6 Å². The zero-order chi connectivity index (χ0) is 31.7. The van der Waals surface area contributed by atoms with Gasteiger partial charge in [0.05, 0.1) is 22.0 Å². The summed E-state index contributed by atoms with van der Waals surface area (Å²) in [5.74, 6) is -0.514. The van der Waals surface area contributed by atoms with Crippen LogP contribution in [0.25, 0.3) is 0 Å². The average Bonchev–Trinajstić information content (AvgIpc) is 2.96. The summed E-state index contributed by atoms with van der Waals surface area (Å²) in [6, 6.07) is 19.3. The van der Waals surface area contributed by atoms with Crippen molar-refractivity contribution in [3.63, 3.8) is 0 Å². The number of benzene rings is 3. The highest BCUT2D eigenvalue weighted by atomic mass is 35.5. The molecule has 0 fully saturated rings. The Hall–Kier alpha value is -3.07. The van der Waals surface area contributed by atoms with Gasteiger partial charge in [0, 0.05) is 32.0 Å². The number of aryl methyl sites for hydroxylation is 2. The van der Waals surface area contributed by atoms with Crippen molar-refractivity contribution in [2.75, 3.05) is 17.1 Å². The zero-order valence-corrected chi connectivity index (χ0v) is 27.8. The first-order valence-corrected chi connectivity index (χ1v) is 17.0. The number of carbonyl (C=O) groups excluding carboxylic acids is 2. The van der Waals surface area contributed by atoms with E-state index in [0.717, 1.165) is 34.9 Å². The van der Waals surface area contributed by atoms with Gasteiger partial charge in [-0.1, -0.05) is 72.6 Å². The minimum atomic E-state index is -3.59. The van der Waals surface area contributed by atoms with Crippen LogP contribution in [0, 0.1) is 13.8 Å². The Balaban J connectivity index is 1.92. The average molecular weight is 647 g/mol. The Morgan fingerprint density at radius 3 is 2.21 bits per heavy atom. The number of carbonyl (C=O) groups is 2. The second-order valence-electron chi connectivity index (χ2n) is 11.0. The van der Waals surface area contributed by atoms with Crippen LogP contribution in [-0.4, -0.2) is 50.0 Å². The van der Waals surface area contributed by atoms with Crippen molar-refractivity contribution in [2.24, 2.45) is 0 Å². The standard InChI is InChI=1S/C33H41Cl2N3O4S/c1-6-25(4)36-33(40)31(21-26-11-8-7-9-12-26)37(22-27-15-17-29(34)30(35)20-27)32(39)13-10-18-38(43(5,41)42)28-16-14-23(2)24(3)19-28/h7-9,11-12,14-17,19-20,25,31H,6,10,13,18,21-22H2,1-5H3,(H,36,40)/t25-,31-/m1/s1. The molecule has 232 valence electrons. The first-order chi connectivity index (χ1) is 20.3. The van der Waals surface area contributed by atoms with Crippen molar-refractivity contribution in [3.05, 3.63) is 99.0 Å². The van der Waals surface area contributed by atoms with Gasteiger partial charge in [-0.2, -0.15) is 0 Å². The van der Waals surface area contributed by atoms with Gasteiger partial charge in [-0.15, -0.1) is 0 Å². The number of halogens is 2. The molecule has 0 radical (unpaired) electrons. The predicted octanol–water partition coefficient (Wildman–Crippen LogP) is 6.71. The van der Waals surface area contributed by atoms with Crippen LogP contribution < -0.4 is 9.62 Å². The van der Waals surface area contributed by atoms with Crippen molar-refractivity contribution in [1.29, 1.82) is 0 Å². The van der Waals surface area contributed by atoms with E-state index in [9.17, 15) is 18.0 Å². The summed E-state index contributed by atoms with van der Waals surface area (Å²) < 4.78 is 26.8. The molecule has 43 heavy (non-hydrogen) atoms. The zero-order valence-electron chi connectivity index (χ0n) is 25.4. The van der Waals surface area contributed by atoms with Gasteiger partial charge >= 0.3 is 0 Å². The highest BCUT2D eigenvalue weighted by Crippen LogP contribution is 2.26. The fourth-order valence-electron chi connectivity index (χ4n) is 4.71. The number of hydrogen-bond acceptors (Lipinski definition) is 4. The van der Waals surface area contributed by atoms with E-state index in [0.29, 0.717) is 22.2 Å². The van der Waals surface area contributed by atoms with Gasteiger partial charge < -0.3 is 10.2 Å². The van der Waals surface area contributed by atoms with Crippen LogP contribution in [0.2, 0.25) is 10.0 Å². The molecule has 2 atom stereocenters. The van der Waals surface area contributed by atoms with E-state index in [-0.39, 0.29) is 43.8 Å². The summed E-state index contributed by atoms with van der Waals surface area (Å²) in [5.41, 5.74) is 4.24. The minimum Gasteiger partial charge on any atom is -0.352 e. The Kier molecular flexibility index (Phi) is 12.5. The van der Waals surface area contributed by atoms with Crippen LogP contribution in [0.15, 0.2) is 66.7 Å². The molecule has 2 amide bonds. The molecule has 0 aliphatic carbocycles. The Labute approximate surface area is 266 Å². The van der Waals surface area contributed by atoms with E-state index in [1.807, 2.05) is 70.2 Å². The van der Waals surface area contributed by atoms with Crippen LogP contribution in [0.3, 0.4) is 0 Å². The molecule has 0 spiro atoms. The molecular weight excluding hydrogens is 605 g/mol. The highest BCUT2D eigenvalue weighted by Gasteiger charge is 2.31. The van der Waals surface area contributed by atoms with Gasteiger partial charge in [0.2, 0.25) is 21.8 Å². The molecular formula is C33H41Cl2N3O4S. The van der Waals surface area contributed by atoms with Crippen molar-refractivity contribution in [3.8, 4) is 0 Å². The monoisotopic (exact) mass is 645 g/mol. The normalized spacial score (nSPS) is 12.8. The van der Waals surface area contributed by atoms with Gasteiger partial charge in [-0.25, -0.2) is 8.42 Å². The summed E-state index contributed by atoms with van der Waals surface area (Å²) in [7, 11) is -3.59. The van der Waals surface area contributed by atoms with Crippen molar-refractivity contribution >= 4 is 50.7 Å². The lowest BCUT2D eigenvalue weighted by molar-refractivity contribution is -0.141. The molecule has 0 saturated heterocycles. The van der Waals surface area contributed by atoms with Gasteiger partial charge in [-0.3, -0.25) is 13.9 Å². The number of hydrogen-bond donors (Lipinski definition) is 1. The van der Waals surface area contributed by atoms with E-state index < -0.39 is 16.1 Å². The van der Waals surface area contributed by atoms with Crippen molar-refractivity contribution in [1.82, 2.24) is 10.2 Å². The quantitative estimate of drug-likeness (QED) is 0.211. The maximum atomic E-state index is 14.0. The maximum Gasteiger partial charge on any atom is 0.243 e. The summed E-state index contributed by atoms with van der Waals surface area (Å²) in [6.07, 6.45) is 2.52. The van der Waals surface area contributed by atoms with Gasteiger partial charge in [0.1, 0.15) is 6.04 Å². The molecule has 10 heteroatoms. The lowest BCUT2D eigenvalue weighted by atomic mass is 10.0. The lowest BCUT2D eigenvalue weighted by Crippen LogP contribution is -2.52. The van der Waals surface area contributed by atoms with E-state index in [1.54, 1.807) is 29.2 Å². The fourth-order valence-corrected chi connectivity index (χ4v) is 5.99. The van der Waals surface area contributed by atoms with Crippen molar-refractivity contribution < 1.29 is 18.0 Å². The lowest BCUT2D eigenvalue weighted by Gasteiger charge is -2.33. The molecule has 0 heterocycles. The molecule has 7 nitrogen and oxygen atoms in total. The minimum absolute atomic E-state index is 0.0418. The summed E-state index contributed by atoms with van der Waals surface area (Å²) in [6.45, 7) is 8.06. The first kappa shape index (κ1) is 34.4. The summed E-state index contributed by atoms with van der Waals surface area (Å²) in [5, 5.41) is 3.80. The van der Waals surface area contributed by atoms with Gasteiger partial charge in [-0.05, 0) is 80.1 Å². The molecule has 3 aromatic carbocycles. The predicted molar refractivity (Wildman–Crippen MR) is 176 cm³/mol. The number of nitrogens with zero attached hydrogens (tertiary/aromatic N) is 2. The molecule has 0 unspecified atom stereocenters. The number of amides is 2.